The molecular weight excluding hydrogens is 715 g/mol. The molecule has 10 rings (SSSR count). The second kappa shape index (κ2) is 20.2. The molecule has 3 N–H and O–H groups in total. The zero-order valence-electron chi connectivity index (χ0n) is 35.9. The minimum atomic E-state index is 0.751. The van der Waals surface area contributed by atoms with E-state index in [1.165, 1.54) is 83.3 Å². The van der Waals surface area contributed by atoms with Gasteiger partial charge in [0.1, 0.15) is 0 Å². The summed E-state index contributed by atoms with van der Waals surface area (Å²) in [7, 11) is 0. The molecule has 1 aliphatic rings. The van der Waals surface area contributed by atoms with Crippen molar-refractivity contribution in [3.63, 3.8) is 0 Å². The Morgan fingerprint density at radius 1 is 0.559 bits per heavy atom. The minimum absolute atomic E-state index is 0.751. The number of hydrogen-bond donors (Lipinski definition) is 2. The van der Waals surface area contributed by atoms with Crippen molar-refractivity contribution in [1.82, 2.24) is 4.57 Å². The molecule has 0 radical (unpaired) electrons. The van der Waals surface area contributed by atoms with Gasteiger partial charge >= 0.3 is 0 Å². The highest BCUT2D eigenvalue weighted by molar-refractivity contribution is 6.14. The lowest BCUT2D eigenvalue weighted by Gasteiger charge is -2.22. The summed E-state index contributed by atoms with van der Waals surface area (Å²) in [5, 5.41) is 11.1. The summed E-state index contributed by atoms with van der Waals surface area (Å²) in [6.07, 6.45) is 5.63. The van der Waals surface area contributed by atoms with Crippen LogP contribution in [0.1, 0.15) is 76.6 Å². The third kappa shape index (κ3) is 9.27. The highest BCUT2D eigenvalue weighted by Gasteiger charge is 2.19. The average molecular weight is 774 g/mol. The predicted molar refractivity (Wildman–Crippen MR) is 262 cm³/mol. The molecule has 0 saturated carbocycles. The molecule has 0 amide bonds. The van der Waals surface area contributed by atoms with E-state index in [-0.39, 0.29) is 0 Å². The predicted octanol–water partition coefficient (Wildman–Crippen LogP) is 16.4. The first-order chi connectivity index (χ1) is 29.0. The van der Waals surface area contributed by atoms with Gasteiger partial charge in [-0.3, -0.25) is 0 Å². The van der Waals surface area contributed by atoms with Crippen LogP contribution in [0.2, 0.25) is 0 Å². The number of benzene rings is 8. The number of fused-ring (bicyclic) bond motifs is 7. The Hall–Kier alpha value is -6.58. The molecule has 0 fully saturated rings. The van der Waals surface area contributed by atoms with E-state index in [4.69, 9.17) is 5.73 Å². The van der Waals surface area contributed by atoms with Gasteiger partial charge in [0.15, 0.2) is 0 Å². The Kier molecular flexibility index (Phi) is 14.4. The fraction of sp³-hybridized carbons (Fsp3) is 0.179. The molecule has 0 bridgehead atoms. The Labute approximate surface area is 351 Å². The van der Waals surface area contributed by atoms with E-state index < -0.39 is 0 Å². The van der Waals surface area contributed by atoms with Gasteiger partial charge in [-0.1, -0.05) is 181 Å². The molecule has 0 atom stereocenters. The second-order valence-electron chi connectivity index (χ2n) is 14.4. The van der Waals surface area contributed by atoms with Crippen LogP contribution in [0.15, 0.2) is 170 Å². The number of aryl methyl sites for hydroxylation is 2. The molecular formula is C56H59N3. The van der Waals surface area contributed by atoms with Crippen LogP contribution in [-0.4, -0.2) is 4.57 Å². The largest absolute Gasteiger partial charge is 0.397 e. The van der Waals surface area contributed by atoms with Crippen molar-refractivity contribution in [3.05, 3.63) is 192 Å². The van der Waals surface area contributed by atoms with E-state index in [0.29, 0.717) is 0 Å². The quantitative estimate of drug-likeness (QED) is 0.175. The van der Waals surface area contributed by atoms with E-state index in [0.717, 1.165) is 29.9 Å². The molecule has 1 aliphatic carbocycles. The first-order valence-corrected chi connectivity index (χ1v) is 21.4. The fourth-order valence-corrected chi connectivity index (χ4v) is 7.74. The van der Waals surface area contributed by atoms with Crippen LogP contribution in [0.25, 0.3) is 60.7 Å². The molecule has 1 heterocycles. The summed E-state index contributed by atoms with van der Waals surface area (Å²) in [4.78, 5) is 0. The van der Waals surface area contributed by atoms with Crippen molar-refractivity contribution in [3.8, 4) is 5.69 Å². The van der Waals surface area contributed by atoms with Gasteiger partial charge in [-0.05, 0) is 107 Å². The number of rotatable bonds is 4. The summed E-state index contributed by atoms with van der Waals surface area (Å²) >= 11 is 0. The van der Waals surface area contributed by atoms with Crippen molar-refractivity contribution < 1.29 is 0 Å². The number of nitrogen functional groups attached to an aromatic ring is 1. The van der Waals surface area contributed by atoms with Gasteiger partial charge in [-0.25, -0.2) is 0 Å². The Morgan fingerprint density at radius 2 is 1.19 bits per heavy atom. The van der Waals surface area contributed by atoms with Crippen LogP contribution in [0.5, 0.6) is 0 Å². The molecule has 1 aromatic heterocycles. The normalized spacial score (nSPS) is 11.4. The zero-order valence-corrected chi connectivity index (χ0v) is 35.9. The highest BCUT2D eigenvalue weighted by atomic mass is 15.0. The summed E-state index contributed by atoms with van der Waals surface area (Å²) < 4.78 is 2.43. The van der Waals surface area contributed by atoms with Crippen molar-refractivity contribution in [2.24, 2.45) is 0 Å². The maximum Gasteiger partial charge on any atom is 0.0703 e. The molecule has 3 nitrogen and oxygen atoms in total. The zero-order chi connectivity index (χ0) is 41.7. The maximum atomic E-state index is 6.63. The van der Waals surface area contributed by atoms with Crippen LogP contribution >= 0.6 is 0 Å². The lowest BCUT2D eigenvalue weighted by atomic mass is 9.85. The van der Waals surface area contributed by atoms with E-state index in [1.807, 2.05) is 70.2 Å². The van der Waals surface area contributed by atoms with Gasteiger partial charge in [0, 0.05) is 27.5 Å². The smallest absolute Gasteiger partial charge is 0.0703 e. The molecule has 0 aliphatic heterocycles. The Bertz CT molecular complexity index is 2790. The van der Waals surface area contributed by atoms with Crippen molar-refractivity contribution in [1.29, 1.82) is 0 Å². The van der Waals surface area contributed by atoms with E-state index in [2.05, 4.69) is 164 Å². The standard InChI is InChI=1S/C42H31N3.C7H8.C3H8.2C2H6/c43-38-22-21-28-19-17-27-18-20-32(24-36(27)41(28)42(38)44-33-12-2-1-3-13-33)29-11-8-14-34(23-29)45-39-16-7-6-15-35(39)37-25-30-9-4-5-10-31(30)26-40(37)45;1-7-5-3-2-4-6-7;1-3-2;2*1-2/h1-17,19,21-26,44H,18,20,43H2;2-6H,1H3;3H2,1-2H3;2*1-2H3. The van der Waals surface area contributed by atoms with Gasteiger partial charge < -0.3 is 15.6 Å². The first kappa shape index (κ1) is 42.0. The van der Waals surface area contributed by atoms with E-state index in [1.54, 1.807) is 0 Å². The number of anilines is 3. The van der Waals surface area contributed by atoms with Crippen LogP contribution in [-0.2, 0) is 6.42 Å². The molecule has 0 spiro atoms. The van der Waals surface area contributed by atoms with Crippen LogP contribution in [0.3, 0.4) is 0 Å². The van der Waals surface area contributed by atoms with Crippen molar-refractivity contribution in [2.75, 3.05) is 11.1 Å². The van der Waals surface area contributed by atoms with E-state index in [9.17, 15) is 0 Å². The van der Waals surface area contributed by atoms with Crippen LogP contribution in [0, 0.1) is 6.92 Å². The summed E-state index contributed by atoms with van der Waals surface area (Å²) in [5.74, 6) is 0. The number of aromatic nitrogens is 1. The topological polar surface area (TPSA) is 43.0 Å². The number of nitrogens with two attached hydrogens (primary N) is 1. The third-order valence-corrected chi connectivity index (χ3v) is 10.3. The first-order valence-electron chi connectivity index (χ1n) is 21.4. The van der Waals surface area contributed by atoms with Gasteiger partial charge in [0.05, 0.1) is 22.4 Å². The van der Waals surface area contributed by atoms with Crippen molar-refractivity contribution in [2.45, 2.75) is 67.7 Å². The molecule has 298 valence electrons. The third-order valence-electron chi connectivity index (χ3n) is 10.3. The number of para-hydroxylation sites is 2. The number of nitrogens with zero attached hydrogens (tertiary/aromatic N) is 1. The van der Waals surface area contributed by atoms with Gasteiger partial charge in [0.2, 0.25) is 0 Å². The SMILES string of the molecule is CC.CC.CCC.Cc1ccccc1.Nc1ccc2ccc3c(c2c1Nc1ccccc1)C=C(c1cccc(-n2c4ccccc4c4cc5ccccc5cc42)c1)CC3. The highest BCUT2D eigenvalue weighted by Crippen LogP contribution is 2.42. The van der Waals surface area contributed by atoms with Crippen LogP contribution < -0.4 is 11.1 Å². The molecule has 0 unspecified atom stereocenters. The van der Waals surface area contributed by atoms with Gasteiger partial charge in [0.25, 0.3) is 0 Å². The van der Waals surface area contributed by atoms with Gasteiger partial charge in [-0.2, -0.15) is 0 Å². The maximum absolute atomic E-state index is 6.63. The lowest BCUT2D eigenvalue weighted by Crippen LogP contribution is -2.04. The molecule has 0 saturated heterocycles. The van der Waals surface area contributed by atoms with Gasteiger partial charge in [-0.15, -0.1) is 0 Å². The monoisotopic (exact) mass is 773 g/mol. The number of nitrogens with one attached hydrogen (secondary N) is 1. The van der Waals surface area contributed by atoms with Crippen molar-refractivity contribution >= 4 is 72.1 Å². The molecule has 9 aromatic rings. The number of allylic oxidation sites excluding steroid dienone is 1. The second-order valence-corrected chi connectivity index (χ2v) is 14.4. The Morgan fingerprint density at radius 3 is 1.88 bits per heavy atom. The minimum Gasteiger partial charge on any atom is -0.397 e. The molecule has 8 aromatic carbocycles. The fourth-order valence-electron chi connectivity index (χ4n) is 7.74. The number of hydrogen-bond acceptors (Lipinski definition) is 2. The molecule has 59 heavy (non-hydrogen) atoms. The Balaban J connectivity index is 0.000000365. The van der Waals surface area contributed by atoms with Crippen LogP contribution in [0.4, 0.5) is 17.1 Å². The molecule has 3 heteroatoms. The summed E-state index contributed by atoms with van der Waals surface area (Å²) in [6, 6.07) is 60.3. The average Bonchev–Trinajstić information content (AvgIpc) is 3.61. The summed E-state index contributed by atoms with van der Waals surface area (Å²) in [5.41, 5.74) is 19.5. The lowest BCUT2D eigenvalue weighted by molar-refractivity contribution is 1.00. The van der Waals surface area contributed by atoms with E-state index >= 15 is 0 Å². The summed E-state index contributed by atoms with van der Waals surface area (Å²) in [6.45, 7) is 14.3.